The maximum atomic E-state index is 12.8. The van der Waals surface area contributed by atoms with Crippen molar-refractivity contribution in [1.82, 2.24) is 10.2 Å². The van der Waals surface area contributed by atoms with Gasteiger partial charge in [-0.2, -0.15) is 0 Å². The van der Waals surface area contributed by atoms with Crippen LogP contribution in [-0.2, 0) is 0 Å². The van der Waals surface area contributed by atoms with E-state index in [9.17, 15) is 4.79 Å². The Labute approximate surface area is 172 Å². The molecule has 29 heavy (non-hydrogen) atoms. The molecule has 4 nitrogen and oxygen atoms in total. The number of benzene rings is 2. The van der Waals surface area contributed by atoms with E-state index < -0.39 is 0 Å². The monoisotopic (exact) mass is 388 g/mol. The molecule has 0 radical (unpaired) electrons. The van der Waals surface area contributed by atoms with Crippen LogP contribution in [0.2, 0.25) is 0 Å². The van der Waals surface area contributed by atoms with Gasteiger partial charge in [0.2, 0.25) is 0 Å². The van der Waals surface area contributed by atoms with E-state index in [1.807, 2.05) is 45.2 Å². The number of ether oxygens (including phenoxy) is 1. The molecule has 150 valence electrons. The lowest BCUT2D eigenvalue weighted by Gasteiger charge is -2.31. The molecule has 5 rings (SSSR count). The van der Waals surface area contributed by atoms with Gasteiger partial charge in [0.15, 0.2) is 0 Å². The highest BCUT2D eigenvalue weighted by atomic mass is 16.5. The molecular formula is C25H28N2O2. The minimum absolute atomic E-state index is 0.0272. The zero-order valence-electron chi connectivity index (χ0n) is 17.4. The third-order valence-electron chi connectivity index (χ3n) is 6.64. The summed E-state index contributed by atoms with van der Waals surface area (Å²) in [5, 5.41) is 3.74. The summed E-state index contributed by atoms with van der Waals surface area (Å²) in [6.45, 7) is 4.05. The normalized spacial score (nSPS) is 22.2. The van der Waals surface area contributed by atoms with Gasteiger partial charge in [0.25, 0.3) is 5.91 Å². The van der Waals surface area contributed by atoms with Gasteiger partial charge >= 0.3 is 0 Å². The highest BCUT2D eigenvalue weighted by molar-refractivity contribution is 5.97. The second-order valence-electron chi connectivity index (χ2n) is 8.84. The predicted molar refractivity (Wildman–Crippen MR) is 115 cm³/mol. The molecule has 3 heterocycles. The van der Waals surface area contributed by atoms with E-state index in [1.165, 1.54) is 29.6 Å². The zero-order valence-corrected chi connectivity index (χ0v) is 17.4. The number of para-hydroxylation sites is 1. The minimum Gasteiger partial charge on any atom is -0.456 e. The quantitative estimate of drug-likeness (QED) is 0.672. The SMILES string of the molecule is CC(C)N(C)C(=O)c1ccc2c(c1)Oc1ccccc1C2=C1CC2CCC(C1)N2. The van der Waals surface area contributed by atoms with Crippen LogP contribution in [0.3, 0.4) is 0 Å². The Hall–Kier alpha value is -2.59. The lowest BCUT2D eigenvalue weighted by molar-refractivity contribution is 0.0754. The van der Waals surface area contributed by atoms with E-state index in [2.05, 4.69) is 23.5 Å². The number of fused-ring (bicyclic) bond motifs is 4. The molecule has 2 saturated heterocycles. The summed E-state index contributed by atoms with van der Waals surface area (Å²) in [6.07, 6.45) is 4.72. The van der Waals surface area contributed by atoms with E-state index in [1.54, 1.807) is 4.90 Å². The van der Waals surface area contributed by atoms with Gasteiger partial charge in [-0.05, 0) is 69.4 Å². The van der Waals surface area contributed by atoms with Crippen molar-refractivity contribution in [2.75, 3.05) is 7.05 Å². The van der Waals surface area contributed by atoms with Crippen molar-refractivity contribution in [3.8, 4) is 11.5 Å². The smallest absolute Gasteiger partial charge is 0.253 e. The molecule has 0 aliphatic carbocycles. The van der Waals surface area contributed by atoms with Crippen LogP contribution in [0.1, 0.15) is 61.0 Å². The number of nitrogens with one attached hydrogen (secondary N) is 1. The third-order valence-corrected chi connectivity index (χ3v) is 6.64. The van der Waals surface area contributed by atoms with Crippen LogP contribution in [0.15, 0.2) is 48.0 Å². The molecule has 0 spiro atoms. The number of rotatable bonds is 2. The van der Waals surface area contributed by atoms with E-state index in [-0.39, 0.29) is 11.9 Å². The van der Waals surface area contributed by atoms with Gasteiger partial charge in [0.1, 0.15) is 11.5 Å². The lowest BCUT2D eigenvalue weighted by Crippen LogP contribution is -2.35. The van der Waals surface area contributed by atoms with Crippen LogP contribution in [0.25, 0.3) is 5.57 Å². The molecule has 0 saturated carbocycles. The topological polar surface area (TPSA) is 41.6 Å². The molecule has 2 fully saturated rings. The van der Waals surface area contributed by atoms with Crippen LogP contribution in [0.4, 0.5) is 0 Å². The van der Waals surface area contributed by atoms with Crippen molar-refractivity contribution in [3.05, 3.63) is 64.7 Å². The molecular weight excluding hydrogens is 360 g/mol. The van der Waals surface area contributed by atoms with Crippen LogP contribution in [-0.4, -0.2) is 36.0 Å². The van der Waals surface area contributed by atoms with E-state index in [0.29, 0.717) is 17.6 Å². The standard InChI is InChI=1S/C25H28N2O2/c1-15(2)27(3)25(28)16-8-11-21-23(14-16)29-22-7-5-4-6-20(22)24(21)17-12-18-9-10-19(13-17)26-18/h4-8,11,14-15,18-19,26H,9-10,12-13H2,1-3H3. The second kappa shape index (κ2) is 7.03. The van der Waals surface area contributed by atoms with Crippen LogP contribution < -0.4 is 10.1 Å². The van der Waals surface area contributed by atoms with E-state index >= 15 is 0 Å². The summed E-state index contributed by atoms with van der Waals surface area (Å²) in [6, 6.07) is 15.6. The van der Waals surface area contributed by atoms with Gasteiger partial charge in [-0.3, -0.25) is 4.79 Å². The number of amides is 1. The van der Waals surface area contributed by atoms with Crippen molar-refractivity contribution >= 4 is 11.5 Å². The molecule has 3 aliphatic heterocycles. The molecule has 1 N–H and O–H groups in total. The summed E-state index contributed by atoms with van der Waals surface area (Å²) in [7, 11) is 1.85. The Morgan fingerprint density at radius 3 is 2.45 bits per heavy atom. The Kier molecular flexibility index (Phi) is 4.47. The summed E-state index contributed by atoms with van der Waals surface area (Å²) in [4.78, 5) is 14.6. The first kappa shape index (κ1) is 18.4. The summed E-state index contributed by atoms with van der Waals surface area (Å²) < 4.78 is 6.28. The summed E-state index contributed by atoms with van der Waals surface area (Å²) in [5.41, 5.74) is 5.80. The lowest BCUT2D eigenvalue weighted by atomic mass is 9.84. The number of piperidine rings is 1. The number of carbonyl (C=O) groups is 1. The fraction of sp³-hybridized carbons (Fsp3) is 0.400. The average molecular weight is 389 g/mol. The van der Waals surface area contributed by atoms with Gasteiger partial charge in [-0.15, -0.1) is 0 Å². The van der Waals surface area contributed by atoms with Crippen molar-refractivity contribution in [2.45, 2.75) is 57.7 Å². The van der Waals surface area contributed by atoms with Gasteiger partial charge in [0.05, 0.1) is 0 Å². The molecule has 2 aromatic carbocycles. The van der Waals surface area contributed by atoms with Crippen molar-refractivity contribution in [2.24, 2.45) is 0 Å². The number of hydrogen-bond acceptors (Lipinski definition) is 3. The third kappa shape index (κ3) is 3.16. The highest BCUT2D eigenvalue weighted by Crippen LogP contribution is 2.48. The van der Waals surface area contributed by atoms with Gasteiger partial charge in [-0.25, -0.2) is 0 Å². The van der Waals surface area contributed by atoms with Gasteiger partial charge in [-0.1, -0.05) is 23.8 Å². The summed E-state index contributed by atoms with van der Waals surface area (Å²) in [5.74, 6) is 1.70. The van der Waals surface area contributed by atoms with E-state index in [0.717, 1.165) is 29.9 Å². The van der Waals surface area contributed by atoms with Crippen molar-refractivity contribution in [1.29, 1.82) is 0 Å². The molecule has 4 heteroatoms. The first-order valence-electron chi connectivity index (χ1n) is 10.7. The molecule has 3 aliphatic rings. The Morgan fingerprint density at radius 2 is 1.72 bits per heavy atom. The highest BCUT2D eigenvalue weighted by Gasteiger charge is 2.34. The van der Waals surface area contributed by atoms with Gasteiger partial charge < -0.3 is 15.0 Å². The van der Waals surface area contributed by atoms with E-state index in [4.69, 9.17) is 4.74 Å². The molecule has 2 aromatic rings. The largest absolute Gasteiger partial charge is 0.456 e. The maximum Gasteiger partial charge on any atom is 0.253 e. The number of hydrogen-bond donors (Lipinski definition) is 1. The van der Waals surface area contributed by atoms with Gasteiger partial charge in [0, 0.05) is 41.9 Å². The number of carbonyl (C=O) groups excluding carboxylic acids is 1. The summed E-state index contributed by atoms with van der Waals surface area (Å²) >= 11 is 0. The molecule has 0 aromatic heterocycles. The molecule has 2 bridgehead atoms. The average Bonchev–Trinajstić information content (AvgIpc) is 3.07. The van der Waals surface area contributed by atoms with Crippen molar-refractivity contribution in [3.63, 3.8) is 0 Å². The maximum absolute atomic E-state index is 12.8. The molecule has 1 amide bonds. The first-order valence-corrected chi connectivity index (χ1v) is 10.7. The van der Waals surface area contributed by atoms with Crippen LogP contribution >= 0.6 is 0 Å². The molecule has 2 atom stereocenters. The predicted octanol–water partition coefficient (Wildman–Crippen LogP) is 4.99. The van der Waals surface area contributed by atoms with Crippen molar-refractivity contribution < 1.29 is 9.53 Å². The van der Waals surface area contributed by atoms with Crippen LogP contribution in [0, 0.1) is 0 Å². The minimum atomic E-state index is 0.0272. The second-order valence-corrected chi connectivity index (χ2v) is 8.84. The molecule has 2 unspecified atom stereocenters. The fourth-order valence-corrected chi connectivity index (χ4v) is 4.90. The Morgan fingerprint density at radius 1 is 1.03 bits per heavy atom. The fourth-order valence-electron chi connectivity index (χ4n) is 4.90. The van der Waals surface area contributed by atoms with Crippen LogP contribution in [0.5, 0.6) is 11.5 Å². The zero-order chi connectivity index (χ0) is 20.1. The number of nitrogens with zero attached hydrogens (tertiary/aromatic N) is 1. The Bertz CT molecular complexity index is 994. The first-order chi connectivity index (χ1) is 14.0. The Balaban J connectivity index is 1.62.